The Bertz CT molecular complexity index is 501. The molecule has 21 heavy (non-hydrogen) atoms. The topological polar surface area (TPSA) is 49.3 Å². The van der Waals surface area contributed by atoms with E-state index in [1.165, 1.54) is 6.07 Å². The van der Waals surface area contributed by atoms with E-state index >= 15 is 0 Å². The van der Waals surface area contributed by atoms with Crippen LogP contribution in [0.5, 0.6) is 0 Å². The van der Waals surface area contributed by atoms with Crippen molar-refractivity contribution < 1.29 is 18.7 Å². The minimum Gasteiger partial charge on any atom is -0.386 e. The molecule has 0 aliphatic heterocycles. The van der Waals surface area contributed by atoms with Gasteiger partial charge in [0, 0.05) is 5.92 Å². The number of rotatable bonds is 4. The first-order valence-electron chi connectivity index (χ1n) is 7.42. The fourth-order valence-electron chi connectivity index (χ4n) is 2.77. The molecule has 1 aliphatic carbocycles. The standard InChI is InChI=1S/C16H21F2NO2/c1-10(19-16(21)11-5-3-2-4-6-11)15(20)12-7-8-13(17)14(18)9-12/h7-11,15,20H,2-6H2,1H3,(H,19,21). The number of hydrogen-bond acceptors (Lipinski definition) is 2. The van der Waals surface area contributed by atoms with E-state index in [2.05, 4.69) is 5.32 Å². The number of benzene rings is 1. The van der Waals surface area contributed by atoms with Gasteiger partial charge >= 0.3 is 0 Å². The highest BCUT2D eigenvalue weighted by molar-refractivity contribution is 5.79. The second-order valence-electron chi connectivity index (χ2n) is 5.75. The van der Waals surface area contributed by atoms with Crippen molar-refractivity contribution in [2.75, 3.05) is 0 Å². The fourth-order valence-corrected chi connectivity index (χ4v) is 2.77. The van der Waals surface area contributed by atoms with Gasteiger partial charge in [-0.25, -0.2) is 8.78 Å². The molecule has 2 N–H and O–H groups in total. The summed E-state index contributed by atoms with van der Waals surface area (Å²) in [5.41, 5.74) is 0.255. The zero-order valence-corrected chi connectivity index (χ0v) is 12.1. The van der Waals surface area contributed by atoms with Gasteiger partial charge in [0.05, 0.1) is 12.1 Å². The Morgan fingerprint density at radius 3 is 2.52 bits per heavy atom. The van der Waals surface area contributed by atoms with Crippen molar-refractivity contribution >= 4 is 5.91 Å². The second-order valence-corrected chi connectivity index (χ2v) is 5.75. The number of carbonyl (C=O) groups is 1. The highest BCUT2D eigenvalue weighted by Crippen LogP contribution is 2.25. The molecular weight excluding hydrogens is 276 g/mol. The van der Waals surface area contributed by atoms with E-state index in [-0.39, 0.29) is 17.4 Å². The molecule has 1 aromatic rings. The van der Waals surface area contributed by atoms with Crippen molar-refractivity contribution in [3.05, 3.63) is 35.4 Å². The molecule has 0 bridgehead atoms. The molecule has 1 aromatic carbocycles. The molecule has 2 unspecified atom stereocenters. The van der Waals surface area contributed by atoms with E-state index in [9.17, 15) is 18.7 Å². The molecule has 116 valence electrons. The maximum absolute atomic E-state index is 13.2. The van der Waals surface area contributed by atoms with E-state index in [1.54, 1.807) is 6.92 Å². The number of nitrogens with one attached hydrogen (secondary N) is 1. The summed E-state index contributed by atoms with van der Waals surface area (Å²) in [6.45, 7) is 1.66. The average Bonchev–Trinajstić information content (AvgIpc) is 2.50. The van der Waals surface area contributed by atoms with Gasteiger partial charge in [-0.3, -0.25) is 4.79 Å². The van der Waals surface area contributed by atoms with Crippen molar-refractivity contribution in [2.45, 2.75) is 51.2 Å². The Labute approximate surface area is 123 Å². The van der Waals surface area contributed by atoms with E-state index in [0.717, 1.165) is 44.2 Å². The predicted octanol–water partition coefficient (Wildman–Crippen LogP) is 3.08. The Morgan fingerprint density at radius 1 is 1.24 bits per heavy atom. The van der Waals surface area contributed by atoms with E-state index in [4.69, 9.17) is 0 Å². The fraction of sp³-hybridized carbons (Fsp3) is 0.562. The average molecular weight is 297 g/mol. The highest BCUT2D eigenvalue weighted by atomic mass is 19.2. The summed E-state index contributed by atoms with van der Waals surface area (Å²) in [5, 5.41) is 12.9. The number of halogens is 2. The molecule has 0 heterocycles. The number of amides is 1. The van der Waals surface area contributed by atoms with Gasteiger partial charge in [-0.15, -0.1) is 0 Å². The monoisotopic (exact) mass is 297 g/mol. The molecule has 1 aliphatic rings. The van der Waals surface area contributed by atoms with Crippen molar-refractivity contribution in [2.24, 2.45) is 5.92 Å². The first-order chi connectivity index (χ1) is 9.99. The van der Waals surface area contributed by atoms with Gasteiger partial charge in [0.1, 0.15) is 0 Å². The quantitative estimate of drug-likeness (QED) is 0.897. The highest BCUT2D eigenvalue weighted by Gasteiger charge is 2.25. The SMILES string of the molecule is CC(NC(=O)C1CCCCC1)C(O)c1ccc(F)c(F)c1. The molecule has 2 atom stereocenters. The van der Waals surface area contributed by atoms with Crippen LogP contribution < -0.4 is 5.32 Å². The van der Waals surface area contributed by atoms with Crippen molar-refractivity contribution in [3.8, 4) is 0 Å². The lowest BCUT2D eigenvalue weighted by molar-refractivity contribution is -0.127. The van der Waals surface area contributed by atoms with Gasteiger partial charge in [-0.2, -0.15) is 0 Å². The van der Waals surface area contributed by atoms with Crippen molar-refractivity contribution in [3.63, 3.8) is 0 Å². The number of aliphatic hydroxyl groups excluding tert-OH is 1. The van der Waals surface area contributed by atoms with Gasteiger partial charge in [0.2, 0.25) is 5.91 Å². The van der Waals surface area contributed by atoms with Crippen molar-refractivity contribution in [1.29, 1.82) is 0 Å². The lowest BCUT2D eigenvalue weighted by atomic mass is 9.88. The Hall–Kier alpha value is -1.49. The van der Waals surface area contributed by atoms with Gasteiger partial charge in [0.15, 0.2) is 11.6 Å². The molecule has 0 radical (unpaired) electrons. The summed E-state index contributed by atoms with van der Waals surface area (Å²) >= 11 is 0. The first kappa shape index (κ1) is 15.9. The molecule has 5 heteroatoms. The van der Waals surface area contributed by atoms with Crippen LogP contribution in [0.3, 0.4) is 0 Å². The van der Waals surface area contributed by atoms with Crippen LogP contribution in [-0.4, -0.2) is 17.1 Å². The van der Waals surface area contributed by atoms with Crippen molar-refractivity contribution in [1.82, 2.24) is 5.32 Å². The minimum absolute atomic E-state index is 0.00152. The second kappa shape index (κ2) is 6.98. The molecule has 1 amide bonds. The van der Waals surface area contributed by atoms with Gasteiger partial charge in [-0.1, -0.05) is 25.3 Å². The number of aliphatic hydroxyl groups is 1. The molecular formula is C16H21F2NO2. The van der Waals surface area contributed by atoms with E-state index in [0.29, 0.717) is 0 Å². The van der Waals surface area contributed by atoms with Gasteiger partial charge in [-0.05, 0) is 37.5 Å². The number of carbonyl (C=O) groups excluding carboxylic acids is 1. The number of hydrogen-bond donors (Lipinski definition) is 2. The van der Waals surface area contributed by atoms with Gasteiger partial charge in [0.25, 0.3) is 0 Å². The lowest BCUT2D eigenvalue weighted by Gasteiger charge is -2.25. The normalized spacial score (nSPS) is 19.0. The summed E-state index contributed by atoms with van der Waals surface area (Å²) < 4.78 is 26.1. The van der Waals surface area contributed by atoms with Crippen LogP contribution in [-0.2, 0) is 4.79 Å². The largest absolute Gasteiger partial charge is 0.386 e. The Balaban J connectivity index is 1.96. The smallest absolute Gasteiger partial charge is 0.223 e. The predicted molar refractivity (Wildman–Crippen MR) is 75.5 cm³/mol. The minimum atomic E-state index is -1.06. The maximum atomic E-state index is 13.2. The third kappa shape index (κ3) is 4.00. The zero-order valence-electron chi connectivity index (χ0n) is 12.1. The lowest BCUT2D eigenvalue weighted by Crippen LogP contribution is -2.41. The molecule has 0 spiro atoms. The van der Waals surface area contributed by atoms with E-state index in [1.807, 2.05) is 0 Å². The van der Waals surface area contributed by atoms with Crippen LogP contribution in [0.4, 0.5) is 8.78 Å². The molecule has 1 saturated carbocycles. The van der Waals surface area contributed by atoms with Crippen LogP contribution in [0, 0.1) is 17.6 Å². The summed E-state index contributed by atoms with van der Waals surface area (Å²) in [5.74, 6) is -2.02. The van der Waals surface area contributed by atoms with Crippen LogP contribution in [0.2, 0.25) is 0 Å². The Kier molecular flexibility index (Phi) is 5.28. The van der Waals surface area contributed by atoms with Crippen LogP contribution >= 0.6 is 0 Å². The van der Waals surface area contributed by atoms with E-state index < -0.39 is 23.8 Å². The molecule has 1 fully saturated rings. The summed E-state index contributed by atoms with van der Waals surface area (Å²) in [4.78, 5) is 12.1. The zero-order chi connectivity index (χ0) is 15.4. The summed E-state index contributed by atoms with van der Waals surface area (Å²) in [6, 6.07) is 2.71. The third-order valence-electron chi connectivity index (χ3n) is 4.10. The molecule has 3 nitrogen and oxygen atoms in total. The molecule has 2 rings (SSSR count). The maximum Gasteiger partial charge on any atom is 0.223 e. The first-order valence-corrected chi connectivity index (χ1v) is 7.42. The van der Waals surface area contributed by atoms with Gasteiger partial charge < -0.3 is 10.4 Å². The molecule has 0 saturated heterocycles. The van der Waals surface area contributed by atoms with Crippen LogP contribution in [0.25, 0.3) is 0 Å². The van der Waals surface area contributed by atoms with Crippen LogP contribution in [0.1, 0.15) is 50.7 Å². The Morgan fingerprint density at radius 2 is 1.90 bits per heavy atom. The summed E-state index contributed by atoms with van der Waals surface area (Å²) in [7, 11) is 0. The van der Waals surface area contributed by atoms with Crippen LogP contribution in [0.15, 0.2) is 18.2 Å². The third-order valence-corrected chi connectivity index (χ3v) is 4.10. The summed E-state index contributed by atoms with van der Waals surface area (Å²) in [6.07, 6.45) is 3.96. The molecule has 0 aromatic heterocycles.